The van der Waals surface area contributed by atoms with Crippen molar-refractivity contribution in [2.45, 2.75) is 22.8 Å². The predicted octanol–water partition coefficient (Wildman–Crippen LogP) is 5.13. The molecule has 186 valence electrons. The zero-order valence-corrected chi connectivity index (χ0v) is 21.5. The van der Waals surface area contributed by atoms with Gasteiger partial charge in [0.2, 0.25) is 0 Å². The summed E-state index contributed by atoms with van der Waals surface area (Å²) >= 11 is 1.47. The normalized spacial score (nSPS) is 16.2. The van der Waals surface area contributed by atoms with Crippen LogP contribution in [0.1, 0.15) is 22.5 Å². The lowest BCUT2D eigenvalue weighted by atomic mass is 10.0. The van der Waals surface area contributed by atoms with Crippen LogP contribution in [0.2, 0.25) is 0 Å². The number of rotatable bonds is 9. The molecule has 0 aliphatic carbocycles. The Balaban J connectivity index is 1.38. The van der Waals surface area contributed by atoms with Gasteiger partial charge in [-0.2, -0.15) is 0 Å². The van der Waals surface area contributed by atoms with Gasteiger partial charge in [-0.05, 0) is 67.1 Å². The summed E-state index contributed by atoms with van der Waals surface area (Å²) in [5.74, 6) is 2.23. The highest BCUT2D eigenvalue weighted by Crippen LogP contribution is 2.51. The molecule has 0 saturated carbocycles. The first kappa shape index (κ1) is 24.3. The summed E-state index contributed by atoms with van der Waals surface area (Å²) in [6.07, 6.45) is 0.857. The van der Waals surface area contributed by atoms with E-state index in [4.69, 9.17) is 14.2 Å². The summed E-state index contributed by atoms with van der Waals surface area (Å²) in [5.41, 5.74) is 5.01. The summed E-state index contributed by atoms with van der Waals surface area (Å²) in [7, 11) is 4.94. The number of benzene rings is 3. The summed E-state index contributed by atoms with van der Waals surface area (Å²) in [6.45, 7) is 1.47. The predicted molar refractivity (Wildman–Crippen MR) is 143 cm³/mol. The maximum Gasteiger partial charge on any atom is 0.181 e. The maximum atomic E-state index is 12.0. The Morgan fingerprint density at radius 2 is 1.64 bits per heavy atom. The lowest BCUT2D eigenvalue weighted by molar-refractivity contribution is 0.172. The zero-order valence-electron chi connectivity index (χ0n) is 20.7. The van der Waals surface area contributed by atoms with E-state index in [2.05, 4.69) is 34.1 Å². The van der Waals surface area contributed by atoms with E-state index in [1.165, 1.54) is 17.3 Å². The molecule has 36 heavy (non-hydrogen) atoms. The van der Waals surface area contributed by atoms with Crippen LogP contribution < -0.4 is 19.5 Å². The van der Waals surface area contributed by atoms with E-state index in [9.17, 15) is 5.11 Å². The van der Waals surface area contributed by atoms with Crippen LogP contribution in [0.3, 0.4) is 0 Å². The molecule has 4 aromatic rings. The first-order valence-electron chi connectivity index (χ1n) is 11.9. The first-order chi connectivity index (χ1) is 17.6. The third-order valence-electron chi connectivity index (χ3n) is 6.50. The molecule has 6 nitrogen and oxygen atoms in total. The average molecular weight is 503 g/mol. The maximum absolute atomic E-state index is 12.0. The molecule has 3 aromatic carbocycles. The number of methoxy groups -OCH3 is 3. The minimum absolute atomic E-state index is 0.672. The minimum Gasteiger partial charge on any atom is -0.497 e. The quantitative estimate of drug-likeness (QED) is 0.309. The molecule has 0 radical (unpaired) electrons. The van der Waals surface area contributed by atoms with Gasteiger partial charge in [0, 0.05) is 22.7 Å². The molecule has 0 bridgehead atoms. The fraction of sp³-hybridized carbons (Fsp3) is 0.241. The molecule has 2 N–H and O–H groups in total. The van der Waals surface area contributed by atoms with Crippen LogP contribution in [-0.4, -0.2) is 37.5 Å². The molecule has 7 heteroatoms. The van der Waals surface area contributed by atoms with Crippen molar-refractivity contribution in [2.75, 3.05) is 27.9 Å². The highest BCUT2D eigenvalue weighted by atomic mass is 32.2. The smallest absolute Gasteiger partial charge is 0.181 e. The lowest BCUT2D eigenvalue weighted by Crippen LogP contribution is -2.30. The van der Waals surface area contributed by atoms with E-state index in [-0.39, 0.29) is 0 Å². The largest absolute Gasteiger partial charge is 0.497 e. The van der Waals surface area contributed by atoms with Crippen LogP contribution in [0.4, 0.5) is 0 Å². The Bertz CT molecular complexity index is 1350. The van der Waals surface area contributed by atoms with E-state index >= 15 is 0 Å². The van der Waals surface area contributed by atoms with E-state index in [1.807, 2.05) is 54.6 Å². The number of ether oxygens (including phenoxy) is 3. The van der Waals surface area contributed by atoms with Crippen molar-refractivity contribution in [2.24, 2.45) is 0 Å². The van der Waals surface area contributed by atoms with Crippen molar-refractivity contribution >= 4 is 11.8 Å². The minimum atomic E-state index is -1.21. The first-order valence-corrected chi connectivity index (χ1v) is 12.7. The van der Waals surface area contributed by atoms with Crippen molar-refractivity contribution in [1.82, 2.24) is 9.88 Å². The van der Waals surface area contributed by atoms with Crippen LogP contribution in [0, 0.1) is 0 Å². The van der Waals surface area contributed by atoms with Crippen molar-refractivity contribution in [3.8, 4) is 22.9 Å². The number of aliphatic hydroxyl groups is 1. The highest BCUT2D eigenvalue weighted by Gasteiger charge is 2.41. The van der Waals surface area contributed by atoms with Gasteiger partial charge in [-0.25, -0.2) is 0 Å². The Labute approximate surface area is 215 Å². The van der Waals surface area contributed by atoms with Gasteiger partial charge in [0.25, 0.3) is 0 Å². The number of nitrogens with zero attached hydrogens (tertiary/aromatic N) is 1. The van der Waals surface area contributed by atoms with E-state index < -0.39 is 4.93 Å². The molecular formula is C29H30N2O4S. The standard InChI is InChI=1S/C29H30N2O4S/c1-33-23-12-9-21(10-13-23)29(32)28-15-11-22(31(28)24-6-4-5-7-27(24)36-29)19-30-17-16-20-8-14-25(34-2)26(18-20)35-3/h4-15,18,30,32H,16-17,19H2,1-3H3/t29-/m0/s1. The van der Waals surface area contributed by atoms with Crippen LogP contribution in [0.15, 0.2) is 83.8 Å². The molecule has 0 fully saturated rings. The van der Waals surface area contributed by atoms with Gasteiger partial charge < -0.3 is 29.2 Å². The zero-order chi connectivity index (χ0) is 25.1. The lowest BCUT2D eigenvalue weighted by Gasteiger charge is -2.35. The number of thioether (sulfide) groups is 1. The van der Waals surface area contributed by atoms with Crippen LogP contribution >= 0.6 is 11.8 Å². The molecule has 1 aromatic heterocycles. The molecule has 0 saturated heterocycles. The van der Waals surface area contributed by atoms with Gasteiger partial charge >= 0.3 is 0 Å². The summed E-state index contributed by atoms with van der Waals surface area (Å²) in [5, 5.41) is 15.6. The molecule has 0 amide bonds. The SMILES string of the molecule is COc1ccc([C@]2(O)Sc3ccccc3-n3c(CNCCc4ccc(OC)c(OC)c4)ccc32)cc1. The second kappa shape index (κ2) is 10.3. The van der Waals surface area contributed by atoms with E-state index in [0.717, 1.165) is 57.7 Å². The van der Waals surface area contributed by atoms with Gasteiger partial charge in [-0.1, -0.05) is 42.1 Å². The average Bonchev–Trinajstić information content (AvgIpc) is 3.36. The number of aromatic nitrogens is 1. The van der Waals surface area contributed by atoms with Gasteiger partial charge in [-0.15, -0.1) is 0 Å². The van der Waals surface area contributed by atoms with Crippen LogP contribution in [-0.2, 0) is 17.9 Å². The van der Waals surface area contributed by atoms with Crippen LogP contribution in [0.5, 0.6) is 17.2 Å². The molecule has 1 aliphatic heterocycles. The Kier molecular flexibility index (Phi) is 6.96. The summed E-state index contributed by atoms with van der Waals surface area (Å²) in [4.78, 5) is -0.176. The second-order valence-electron chi connectivity index (χ2n) is 8.60. The van der Waals surface area contributed by atoms with Crippen molar-refractivity contribution < 1.29 is 19.3 Å². The summed E-state index contributed by atoms with van der Waals surface area (Å²) < 4.78 is 18.3. The molecule has 1 atom stereocenters. The Morgan fingerprint density at radius 1 is 0.861 bits per heavy atom. The molecule has 2 heterocycles. The van der Waals surface area contributed by atoms with Crippen LogP contribution in [0.25, 0.3) is 5.69 Å². The fourth-order valence-electron chi connectivity index (χ4n) is 4.61. The fourth-order valence-corrected chi connectivity index (χ4v) is 5.86. The van der Waals surface area contributed by atoms with Gasteiger partial charge in [0.05, 0.1) is 32.7 Å². The molecule has 1 aliphatic rings. The highest BCUT2D eigenvalue weighted by molar-refractivity contribution is 8.00. The molecule has 5 rings (SSSR count). The van der Waals surface area contributed by atoms with Gasteiger partial charge in [0.15, 0.2) is 16.4 Å². The number of hydrogen-bond donors (Lipinski definition) is 2. The Hall–Kier alpha value is -3.39. The molecule has 0 spiro atoms. The van der Waals surface area contributed by atoms with Gasteiger partial charge in [0.1, 0.15) is 5.75 Å². The molecule has 0 unspecified atom stereocenters. The second-order valence-corrected chi connectivity index (χ2v) is 9.84. The monoisotopic (exact) mass is 502 g/mol. The Morgan fingerprint density at radius 3 is 2.39 bits per heavy atom. The van der Waals surface area contributed by atoms with Gasteiger partial charge in [-0.3, -0.25) is 0 Å². The third-order valence-corrected chi connectivity index (χ3v) is 7.80. The number of para-hydroxylation sites is 1. The number of fused-ring (bicyclic) bond motifs is 3. The summed E-state index contributed by atoms with van der Waals surface area (Å²) in [6, 6.07) is 26.0. The van der Waals surface area contributed by atoms with Crippen molar-refractivity contribution in [3.05, 3.63) is 101 Å². The van der Waals surface area contributed by atoms with E-state index in [1.54, 1.807) is 21.3 Å². The number of nitrogens with one attached hydrogen (secondary N) is 1. The third kappa shape index (κ3) is 4.46. The van der Waals surface area contributed by atoms with E-state index in [0.29, 0.717) is 6.54 Å². The topological polar surface area (TPSA) is 64.9 Å². The number of hydrogen-bond acceptors (Lipinski definition) is 6. The van der Waals surface area contributed by atoms with Crippen molar-refractivity contribution in [3.63, 3.8) is 0 Å². The van der Waals surface area contributed by atoms with Crippen molar-refractivity contribution in [1.29, 1.82) is 0 Å². The molecular weight excluding hydrogens is 472 g/mol.